The molecule has 0 atom stereocenters. The second-order valence-electron chi connectivity index (χ2n) is 4.85. The number of nitrogens with one attached hydrogen (secondary N) is 2. The number of benzene rings is 2. The SMILES string of the molecule is COc1cccc(C(=O)Nc2ccc(OC)cc2NC(=O)CN)c1. The van der Waals surface area contributed by atoms with Gasteiger partial charge in [0.05, 0.1) is 32.1 Å². The Kier molecular flexibility index (Phi) is 5.75. The first-order valence-electron chi connectivity index (χ1n) is 7.20. The highest BCUT2D eigenvalue weighted by atomic mass is 16.5. The van der Waals surface area contributed by atoms with Gasteiger partial charge in [-0.05, 0) is 30.3 Å². The molecule has 0 saturated heterocycles. The Bertz CT molecular complexity index is 746. The lowest BCUT2D eigenvalue weighted by Gasteiger charge is -2.13. The van der Waals surface area contributed by atoms with Crippen molar-refractivity contribution in [2.75, 3.05) is 31.4 Å². The fraction of sp³-hybridized carbons (Fsp3) is 0.176. The van der Waals surface area contributed by atoms with E-state index in [0.29, 0.717) is 28.4 Å². The molecule has 0 bridgehead atoms. The molecule has 7 heteroatoms. The van der Waals surface area contributed by atoms with Gasteiger partial charge in [0.25, 0.3) is 5.91 Å². The minimum absolute atomic E-state index is 0.166. The molecular formula is C17H19N3O4. The van der Waals surface area contributed by atoms with E-state index < -0.39 is 0 Å². The van der Waals surface area contributed by atoms with E-state index >= 15 is 0 Å². The van der Waals surface area contributed by atoms with E-state index in [2.05, 4.69) is 10.6 Å². The van der Waals surface area contributed by atoms with Crippen LogP contribution in [0.1, 0.15) is 10.4 Å². The topological polar surface area (TPSA) is 103 Å². The Balaban J connectivity index is 2.26. The first-order valence-corrected chi connectivity index (χ1v) is 7.20. The molecule has 126 valence electrons. The smallest absolute Gasteiger partial charge is 0.255 e. The van der Waals surface area contributed by atoms with Gasteiger partial charge in [-0.25, -0.2) is 0 Å². The number of anilines is 2. The molecular weight excluding hydrogens is 310 g/mol. The van der Waals surface area contributed by atoms with Gasteiger partial charge in [0.2, 0.25) is 5.91 Å². The summed E-state index contributed by atoms with van der Waals surface area (Å²) in [5.41, 5.74) is 6.59. The average Bonchev–Trinajstić information content (AvgIpc) is 2.62. The molecule has 0 aliphatic rings. The van der Waals surface area contributed by atoms with Crippen molar-refractivity contribution < 1.29 is 19.1 Å². The van der Waals surface area contributed by atoms with Crippen molar-refractivity contribution in [2.24, 2.45) is 5.73 Å². The number of nitrogens with two attached hydrogens (primary N) is 1. The van der Waals surface area contributed by atoms with Crippen LogP contribution in [0.15, 0.2) is 42.5 Å². The van der Waals surface area contributed by atoms with E-state index in [9.17, 15) is 9.59 Å². The maximum absolute atomic E-state index is 12.4. The summed E-state index contributed by atoms with van der Waals surface area (Å²) in [6.07, 6.45) is 0. The molecule has 2 rings (SSSR count). The van der Waals surface area contributed by atoms with Crippen LogP contribution in [0.2, 0.25) is 0 Å². The van der Waals surface area contributed by atoms with Crippen LogP contribution in [-0.2, 0) is 4.79 Å². The van der Waals surface area contributed by atoms with E-state index in [4.69, 9.17) is 15.2 Å². The van der Waals surface area contributed by atoms with Crippen LogP contribution in [0.3, 0.4) is 0 Å². The lowest BCUT2D eigenvalue weighted by atomic mass is 10.2. The second-order valence-corrected chi connectivity index (χ2v) is 4.85. The van der Waals surface area contributed by atoms with Crippen molar-refractivity contribution in [3.8, 4) is 11.5 Å². The largest absolute Gasteiger partial charge is 0.497 e. The summed E-state index contributed by atoms with van der Waals surface area (Å²) in [7, 11) is 3.04. The van der Waals surface area contributed by atoms with Crippen LogP contribution in [0, 0.1) is 0 Å². The summed E-state index contributed by atoms with van der Waals surface area (Å²) < 4.78 is 10.2. The fourth-order valence-electron chi connectivity index (χ4n) is 2.02. The van der Waals surface area contributed by atoms with Gasteiger partial charge in [-0.15, -0.1) is 0 Å². The quantitative estimate of drug-likeness (QED) is 0.750. The summed E-state index contributed by atoms with van der Waals surface area (Å²) in [4.78, 5) is 24.0. The monoisotopic (exact) mass is 329 g/mol. The molecule has 24 heavy (non-hydrogen) atoms. The molecule has 0 heterocycles. The molecule has 0 aliphatic heterocycles. The van der Waals surface area contributed by atoms with Crippen molar-refractivity contribution in [3.63, 3.8) is 0 Å². The van der Waals surface area contributed by atoms with Crippen LogP contribution in [0.4, 0.5) is 11.4 Å². The van der Waals surface area contributed by atoms with Crippen LogP contribution < -0.4 is 25.8 Å². The van der Waals surface area contributed by atoms with Crippen molar-refractivity contribution in [1.82, 2.24) is 0 Å². The maximum atomic E-state index is 12.4. The van der Waals surface area contributed by atoms with Crippen molar-refractivity contribution >= 4 is 23.2 Å². The summed E-state index contributed by atoms with van der Waals surface area (Å²) in [6, 6.07) is 11.7. The molecule has 7 nitrogen and oxygen atoms in total. The molecule has 0 aliphatic carbocycles. The van der Waals surface area contributed by atoms with Gasteiger partial charge >= 0.3 is 0 Å². The Hall–Kier alpha value is -3.06. The first-order chi connectivity index (χ1) is 11.6. The molecule has 2 aromatic carbocycles. The Morgan fingerprint density at radius 2 is 1.67 bits per heavy atom. The highest BCUT2D eigenvalue weighted by molar-refractivity contribution is 6.07. The minimum atomic E-state index is -0.375. The zero-order valence-electron chi connectivity index (χ0n) is 13.5. The zero-order valence-corrected chi connectivity index (χ0v) is 13.5. The van der Waals surface area contributed by atoms with Crippen LogP contribution in [0.5, 0.6) is 11.5 Å². The highest BCUT2D eigenvalue weighted by Gasteiger charge is 2.12. The normalized spacial score (nSPS) is 9.96. The van der Waals surface area contributed by atoms with Crippen LogP contribution in [0.25, 0.3) is 0 Å². The molecule has 0 radical (unpaired) electrons. The molecule has 0 saturated carbocycles. The Labute approximate surface area is 139 Å². The number of rotatable bonds is 6. The molecule has 0 fully saturated rings. The number of methoxy groups -OCH3 is 2. The van der Waals surface area contributed by atoms with Gasteiger partial charge in [-0.2, -0.15) is 0 Å². The number of hydrogen-bond acceptors (Lipinski definition) is 5. The number of carbonyl (C=O) groups excluding carboxylic acids is 2. The van der Waals surface area contributed by atoms with E-state index in [1.54, 1.807) is 42.5 Å². The Morgan fingerprint density at radius 3 is 2.33 bits per heavy atom. The van der Waals surface area contributed by atoms with Crippen molar-refractivity contribution in [3.05, 3.63) is 48.0 Å². The molecule has 2 amide bonds. The minimum Gasteiger partial charge on any atom is -0.497 e. The third-order valence-corrected chi connectivity index (χ3v) is 3.27. The number of amides is 2. The van der Waals surface area contributed by atoms with E-state index in [1.807, 2.05) is 0 Å². The van der Waals surface area contributed by atoms with Crippen molar-refractivity contribution in [2.45, 2.75) is 0 Å². The number of hydrogen-bond donors (Lipinski definition) is 3. The lowest BCUT2D eigenvalue weighted by molar-refractivity contribution is -0.114. The van der Waals surface area contributed by atoms with Gasteiger partial charge in [0.1, 0.15) is 11.5 Å². The van der Waals surface area contributed by atoms with Crippen LogP contribution >= 0.6 is 0 Å². The van der Waals surface area contributed by atoms with E-state index in [0.717, 1.165) is 0 Å². The van der Waals surface area contributed by atoms with Crippen LogP contribution in [-0.4, -0.2) is 32.6 Å². The summed E-state index contributed by atoms with van der Waals surface area (Å²) >= 11 is 0. The molecule has 2 aromatic rings. The summed E-state index contributed by atoms with van der Waals surface area (Å²) in [5.74, 6) is 0.415. The van der Waals surface area contributed by atoms with Crippen molar-refractivity contribution in [1.29, 1.82) is 0 Å². The van der Waals surface area contributed by atoms with Gasteiger partial charge < -0.3 is 25.8 Å². The average molecular weight is 329 g/mol. The van der Waals surface area contributed by atoms with Gasteiger partial charge in [-0.1, -0.05) is 6.07 Å². The van der Waals surface area contributed by atoms with E-state index in [1.165, 1.54) is 14.2 Å². The lowest BCUT2D eigenvalue weighted by Crippen LogP contribution is -2.23. The third-order valence-electron chi connectivity index (χ3n) is 3.27. The number of ether oxygens (including phenoxy) is 2. The first kappa shape index (κ1) is 17.3. The number of carbonyl (C=O) groups is 2. The predicted octanol–water partition coefficient (Wildman–Crippen LogP) is 1.85. The predicted molar refractivity (Wildman–Crippen MR) is 91.6 cm³/mol. The van der Waals surface area contributed by atoms with Gasteiger partial charge in [0, 0.05) is 11.6 Å². The summed E-state index contributed by atoms with van der Waals surface area (Å²) in [5, 5.41) is 5.38. The summed E-state index contributed by atoms with van der Waals surface area (Å²) in [6.45, 7) is -0.166. The maximum Gasteiger partial charge on any atom is 0.255 e. The Morgan fingerprint density at radius 1 is 0.958 bits per heavy atom. The fourth-order valence-corrected chi connectivity index (χ4v) is 2.02. The third kappa shape index (κ3) is 4.23. The molecule has 0 aromatic heterocycles. The highest BCUT2D eigenvalue weighted by Crippen LogP contribution is 2.27. The molecule has 4 N–H and O–H groups in total. The molecule has 0 unspecified atom stereocenters. The molecule has 0 spiro atoms. The van der Waals surface area contributed by atoms with E-state index in [-0.39, 0.29) is 18.4 Å². The van der Waals surface area contributed by atoms with Gasteiger partial charge in [-0.3, -0.25) is 9.59 Å². The second kappa shape index (κ2) is 7.98. The zero-order chi connectivity index (χ0) is 17.5. The van der Waals surface area contributed by atoms with Gasteiger partial charge in [0.15, 0.2) is 0 Å². The standard InChI is InChI=1S/C17H19N3O4/c1-23-12-5-3-4-11(8-12)17(22)20-14-7-6-13(24-2)9-15(14)19-16(21)10-18/h3-9H,10,18H2,1-2H3,(H,19,21)(H,20,22).